The number of hydrogen-bond donors (Lipinski definition) is 1. The molecule has 3 heterocycles. The maximum Gasteiger partial charge on any atom is 0.242 e. The Hall–Kier alpha value is -0.190. The molecule has 0 bridgehead atoms. The largest absolute Gasteiger partial charge is 0.381 e. The normalized spacial score (nSPS) is 20.0. The predicted octanol–water partition coefficient (Wildman–Crippen LogP) is 2.66. The van der Waals surface area contributed by atoms with Gasteiger partial charge in [0.15, 0.2) is 0 Å². The number of aromatic nitrogens is 1. The zero-order valence-corrected chi connectivity index (χ0v) is 20.3. The molecule has 0 spiro atoms. The highest BCUT2D eigenvalue weighted by Gasteiger charge is 2.39. The molecular weight excluding hydrogens is 459 g/mol. The van der Waals surface area contributed by atoms with Gasteiger partial charge < -0.3 is 20.1 Å². The van der Waals surface area contributed by atoms with E-state index in [-0.39, 0.29) is 49.2 Å². The highest BCUT2D eigenvalue weighted by atomic mass is 35.5. The van der Waals surface area contributed by atoms with Crippen LogP contribution in [0.4, 0.5) is 0 Å². The average Bonchev–Trinajstić information content (AvgIpc) is 3.11. The van der Waals surface area contributed by atoms with Crippen LogP contribution in [0.15, 0.2) is 5.38 Å². The molecule has 1 amide bonds. The second-order valence-corrected chi connectivity index (χ2v) is 8.00. The fraction of sp³-hybridized carbons (Fsp3) is 0.778. The molecule has 170 valence electrons. The SMILES string of the molecule is CCOC(C)c1nc(CN2CCN(C(=O)C3(N)CCOCC3)CC2)cs1.Cl.Cl.Cl. The second kappa shape index (κ2) is 13.3. The van der Waals surface area contributed by atoms with Gasteiger partial charge >= 0.3 is 0 Å². The van der Waals surface area contributed by atoms with Crippen molar-refractivity contribution in [2.45, 2.75) is 44.9 Å². The topological polar surface area (TPSA) is 80.9 Å². The number of rotatable bonds is 6. The Kier molecular flexibility index (Phi) is 13.2. The molecule has 3 rings (SSSR count). The molecule has 0 aromatic carbocycles. The first-order valence-electron chi connectivity index (χ1n) is 9.46. The summed E-state index contributed by atoms with van der Waals surface area (Å²) in [5, 5.41) is 3.14. The minimum absolute atomic E-state index is 0. The van der Waals surface area contributed by atoms with E-state index in [0.717, 1.165) is 43.4 Å². The van der Waals surface area contributed by atoms with E-state index in [1.165, 1.54) is 0 Å². The zero-order valence-electron chi connectivity index (χ0n) is 17.0. The Balaban J connectivity index is 0.00000261. The smallest absolute Gasteiger partial charge is 0.242 e. The van der Waals surface area contributed by atoms with Crippen molar-refractivity contribution in [3.05, 3.63) is 16.1 Å². The first-order valence-corrected chi connectivity index (χ1v) is 10.3. The van der Waals surface area contributed by atoms with E-state index in [1.807, 2.05) is 18.7 Å². The van der Waals surface area contributed by atoms with Crippen LogP contribution in [0.5, 0.6) is 0 Å². The van der Waals surface area contributed by atoms with Gasteiger partial charge in [0.2, 0.25) is 5.91 Å². The summed E-state index contributed by atoms with van der Waals surface area (Å²) >= 11 is 1.65. The van der Waals surface area contributed by atoms with Gasteiger partial charge in [0.25, 0.3) is 0 Å². The Morgan fingerprint density at radius 1 is 1.28 bits per heavy atom. The lowest BCUT2D eigenvalue weighted by Gasteiger charge is -2.40. The predicted molar refractivity (Wildman–Crippen MR) is 123 cm³/mol. The molecule has 7 nitrogen and oxygen atoms in total. The third-order valence-electron chi connectivity index (χ3n) is 5.19. The third-order valence-corrected chi connectivity index (χ3v) is 6.24. The first-order chi connectivity index (χ1) is 12.5. The molecule has 0 aliphatic carbocycles. The van der Waals surface area contributed by atoms with Crippen molar-refractivity contribution in [2.75, 3.05) is 46.0 Å². The van der Waals surface area contributed by atoms with Crippen molar-refractivity contribution in [2.24, 2.45) is 5.73 Å². The van der Waals surface area contributed by atoms with Crippen LogP contribution in [0.1, 0.15) is 43.5 Å². The van der Waals surface area contributed by atoms with Crippen LogP contribution < -0.4 is 5.73 Å². The lowest BCUT2D eigenvalue weighted by atomic mass is 9.89. The molecule has 1 aromatic heterocycles. The molecule has 1 aromatic rings. The van der Waals surface area contributed by atoms with Crippen LogP contribution in [0.2, 0.25) is 0 Å². The Morgan fingerprint density at radius 2 is 1.90 bits per heavy atom. The number of halogens is 3. The number of carbonyl (C=O) groups is 1. The van der Waals surface area contributed by atoms with Gasteiger partial charge in [-0.1, -0.05) is 0 Å². The summed E-state index contributed by atoms with van der Waals surface area (Å²) in [7, 11) is 0. The summed E-state index contributed by atoms with van der Waals surface area (Å²) in [6.07, 6.45) is 1.28. The van der Waals surface area contributed by atoms with Gasteiger partial charge in [0, 0.05) is 57.9 Å². The summed E-state index contributed by atoms with van der Waals surface area (Å²) in [4.78, 5) is 21.8. The lowest BCUT2D eigenvalue weighted by Crippen LogP contribution is -2.61. The van der Waals surface area contributed by atoms with Crippen molar-refractivity contribution in [1.82, 2.24) is 14.8 Å². The minimum atomic E-state index is -0.736. The summed E-state index contributed by atoms with van der Waals surface area (Å²) < 4.78 is 11.0. The number of ether oxygens (including phenoxy) is 2. The van der Waals surface area contributed by atoms with E-state index in [0.29, 0.717) is 32.7 Å². The standard InChI is InChI=1S/C18H30N4O3S.3ClH/c1-3-25-14(2)16-20-15(13-26-16)12-21-6-8-22(9-7-21)17(23)18(19)4-10-24-11-5-18;;;/h13-14H,3-12,19H2,1-2H3;3*1H. The molecule has 2 aliphatic rings. The Morgan fingerprint density at radius 3 is 2.48 bits per heavy atom. The quantitative estimate of drug-likeness (QED) is 0.659. The molecule has 0 saturated carbocycles. The van der Waals surface area contributed by atoms with E-state index in [4.69, 9.17) is 20.2 Å². The van der Waals surface area contributed by atoms with Gasteiger partial charge in [0.1, 0.15) is 11.1 Å². The molecular formula is C18H33Cl3N4O3S. The fourth-order valence-corrected chi connectivity index (χ4v) is 4.32. The maximum atomic E-state index is 12.8. The highest BCUT2D eigenvalue weighted by molar-refractivity contribution is 7.09. The third kappa shape index (κ3) is 7.47. The number of carbonyl (C=O) groups excluding carboxylic acids is 1. The van der Waals surface area contributed by atoms with Crippen molar-refractivity contribution in [3.63, 3.8) is 0 Å². The Bertz CT molecular complexity index is 609. The number of hydrogen-bond acceptors (Lipinski definition) is 7. The fourth-order valence-electron chi connectivity index (χ4n) is 3.51. The van der Waals surface area contributed by atoms with E-state index >= 15 is 0 Å². The number of amides is 1. The van der Waals surface area contributed by atoms with Crippen LogP contribution >= 0.6 is 48.6 Å². The summed E-state index contributed by atoms with van der Waals surface area (Å²) in [6, 6.07) is 0. The van der Waals surface area contributed by atoms with Gasteiger partial charge in [-0.15, -0.1) is 48.6 Å². The van der Waals surface area contributed by atoms with Crippen LogP contribution in [-0.4, -0.2) is 72.2 Å². The van der Waals surface area contributed by atoms with E-state index in [1.54, 1.807) is 11.3 Å². The van der Waals surface area contributed by atoms with Crippen molar-refractivity contribution in [1.29, 1.82) is 0 Å². The van der Waals surface area contributed by atoms with Crippen molar-refractivity contribution >= 4 is 54.5 Å². The number of nitrogens with two attached hydrogens (primary N) is 1. The molecule has 2 aliphatic heterocycles. The summed E-state index contributed by atoms with van der Waals surface area (Å²) in [5.74, 6) is 0.0851. The molecule has 2 fully saturated rings. The van der Waals surface area contributed by atoms with Crippen LogP contribution in [0, 0.1) is 0 Å². The average molecular weight is 492 g/mol. The van der Waals surface area contributed by atoms with E-state index < -0.39 is 5.54 Å². The van der Waals surface area contributed by atoms with Gasteiger partial charge in [-0.3, -0.25) is 9.69 Å². The minimum Gasteiger partial charge on any atom is -0.381 e. The molecule has 2 saturated heterocycles. The molecule has 0 radical (unpaired) electrons. The number of piperazine rings is 1. The van der Waals surface area contributed by atoms with Gasteiger partial charge in [-0.05, 0) is 26.7 Å². The monoisotopic (exact) mass is 490 g/mol. The van der Waals surface area contributed by atoms with E-state index in [2.05, 4.69) is 10.3 Å². The van der Waals surface area contributed by atoms with Crippen molar-refractivity contribution in [3.8, 4) is 0 Å². The molecule has 2 N–H and O–H groups in total. The van der Waals surface area contributed by atoms with Gasteiger partial charge in [-0.2, -0.15) is 0 Å². The molecule has 11 heteroatoms. The number of thiazole rings is 1. The number of nitrogens with zero attached hydrogens (tertiary/aromatic N) is 3. The van der Waals surface area contributed by atoms with E-state index in [9.17, 15) is 4.79 Å². The summed E-state index contributed by atoms with van der Waals surface area (Å²) in [6.45, 7) is 9.87. The van der Waals surface area contributed by atoms with Gasteiger partial charge in [0.05, 0.1) is 11.2 Å². The molecule has 29 heavy (non-hydrogen) atoms. The molecule has 1 unspecified atom stereocenters. The zero-order chi connectivity index (χ0) is 18.6. The van der Waals surface area contributed by atoms with Crippen LogP contribution in [0.25, 0.3) is 0 Å². The van der Waals surface area contributed by atoms with Crippen LogP contribution in [0.3, 0.4) is 0 Å². The second-order valence-electron chi connectivity index (χ2n) is 7.11. The highest BCUT2D eigenvalue weighted by Crippen LogP contribution is 2.23. The summed E-state index contributed by atoms with van der Waals surface area (Å²) in [5.41, 5.74) is 6.69. The van der Waals surface area contributed by atoms with Crippen molar-refractivity contribution < 1.29 is 14.3 Å². The molecule has 1 atom stereocenters. The maximum absolute atomic E-state index is 12.8. The Labute approximate surface area is 195 Å². The lowest BCUT2D eigenvalue weighted by molar-refractivity contribution is -0.142. The van der Waals surface area contributed by atoms with Crippen LogP contribution in [-0.2, 0) is 20.8 Å². The first kappa shape index (κ1) is 28.8. The van der Waals surface area contributed by atoms with Gasteiger partial charge in [-0.25, -0.2) is 4.98 Å².